The second-order valence-electron chi connectivity index (χ2n) is 4.88. The van der Waals surface area contributed by atoms with Crippen molar-refractivity contribution >= 4 is 11.6 Å². The molecule has 0 N–H and O–H groups in total. The molecule has 0 bridgehead atoms. The summed E-state index contributed by atoms with van der Waals surface area (Å²) < 4.78 is 0. The monoisotopic (exact) mass is 254 g/mol. The van der Waals surface area contributed by atoms with Gasteiger partial charge in [-0.15, -0.1) is 11.6 Å². The van der Waals surface area contributed by atoms with Crippen LogP contribution < -0.4 is 0 Å². The summed E-state index contributed by atoms with van der Waals surface area (Å²) in [5, 5.41) is 0. The Balaban J connectivity index is 2.32. The van der Waals surface area contributed by atoms with Gasteiger partial charge in [-0.2, -0.15) is 0 Å². The maximum atomic E-state index is 5.74. The van der Waals surface area contributed by atoms with Crippen LogP contribution in [0.1, 0.15) is 31.2 Å². The van der Waals surface area contributed by atoms with Gasteiger partial charge >= 0.3 is 0 Å². The highest BCUT2D eigenvalue weighted by atomic mass is 35.5. The Hall–Kier alpha value is -0.600. The molecular weight excluding hydrogens is 232 g/mol. The summed E-state index contributed by atoms with van der Waals surface area (Å²) in [7, 11) is 2.15. The summed E-state index contributed by atoms with van der Waals surface area (Å²) in [6.07, 6.45) is 2.31. The molecule has 96 valence electrons. The van der Waals surface area contributed by atoms with Gasteiger partial charge in [0.05, 0.1) is 5.69 Å². The molecule has 1 aromatic rings. The molecule has 0 aliphatic carbocycles. The van der Waals surface area contributed by atoms with Gasteiger partial charge in [0, 0.05) is 18.1 Å². The fraction of sp³-hybridized carbons (Fsp3) is 0.643. The van der Waals surface area contributed by atoms with Crippen LogP contribution in [0.3, 0.4) is 0 Å². The van der Waals surface area contributed by atoms with E-state index in [0.29, 0.717) is 5.92 Å². The number of alkyl halides is 1. The standard InChI is InChI=1S/C14H23ClN2/c1-12(7-9-15)8-10-17(3)11-14-6-4-5-13(2)16-14/h4-6,12H,7-11H2,1-3H3. The molecule has 0 aromatic carbocycles. The Morgan fingerprint density at radius 3 is 2.76 bits per heavy atom. The predicted molar refractivity (Wildman–Crippen MR) is 74.4 cm³/mol. The van der Waals surface area contributed by atoms with Crippen LogP contribution in [0.15, 0.2) is 18.2 Å². The Bertz CT molecular complexity index is 328. The third-order valence-corrected chi connectivity index (χ3v) is 3.20. The van der Waals surface area contributed by atoms with E-state index in [-0.39, 0.29) is 0 Å². The van der Waals surface area contributed by atoms with Crippen molar-refractivity contribution in [1.82, 2.24) is 9.88 Å². The normalized spacial score (nSPS) is 13.0. The molecule has 0 aliphatic rings. The van der Waals surface area contributed by atoms with E-state index in [2.05, 4.69) is 36.0 Å². The highest BCUT2D eigenvalue weighted by Gasteiger charge is 2.05. The summed E-state index contributed by atoms with van der Waals surface area (Å²) in [6.45, 7) is 6.33. The van der Waals surface area contributed by atoms with E-state index in [4.69, 9.17) is 11.6 Å². The van der Waals surface area contributed by atoms with Gasteiger partial charge in [0.15, 0.2) is 0 Å². The summed E-state index contributed by atoms with van der Waals surface area (Å²) in [5.41, 5.74) is 2.24. The average Bonchev–Trinajstić information content (AvgIpc) is 2.27. The molecule has 1 heterocycles. The number of hydrogen-bond acceptors (Lipinski definition) is 2. The molecular formula is C14H23ClN2. The van der Waals surface area contributed by atoms with E-state index in [1.165, 1.54) is 6.42 Å². The minimum absolute atomic E-state index is 0.709. The van der Waals surface area contributed by atoms with Crippen LogP contribution in [-0.2, 0) is 6.54 Å². The molecule has 0 fully saturated rings. The molecule has 0 aliphatic heterocycles. The maximum Gasteiger partial charge on any atom is 0.0547 e. The van der Waals surface area contributed by atoms with Crippen LogP contribution in [0.4, 0.5) is 0 Å². The fourth-order valence-electron chi connectivity index (χ4n) is 1.81. The van der Waals surface area contributed by atoms with Crippen molar-refractivity contribution in [3.8, 4) is 0 Å². The van der Waals surface area contributed by atoms with E-state index in [9.17, 15) is 0 Å². The third-order valence-electron chi connectivity index (χ3n) is 2.98. The number of pyridine rings is 1. The minimum atomic E-state index is 0.709. The zero-order valence-electron chi connectivity index (χ0n) is 11.1. The molecule has 0 spiro atoms. The quantitative estimate of drug-likeness (QED) is 0.693. The summed E-state index contributed by atoms with van der Waals surface area (Å²) >= 11 is 5.74. The maximum absolute atomic E-state index is 5.74. The Morgan fingerprint density at radius 1 is 1.35 bits per heavy atom. The van der Waals surface area contributed by atoms with Crippen molar-refractivity contribution in [3.05, 3.63) is 29.6 Å². The van der Waals surface area contributed by atoms with Crippen LogP contribution in [0.25, 0.3) is 0 Å². The molecule has 0 radical (unpaired) electrons. The van der Waals surface area contributed by atoms with Crippen LogP contribution in [-0.4, -0.2) is 29.4 Å². The van der Waals surface area contributed by atoms with Crippen LogP contribution in [0.5, 0.6) is 0 Å². The summed E-state index contributed by atoms with van der Waals surface area (Å²) in [6, 6.07) is 6.19. The van der Waals surface area contributed by atoms with Crippen LogP contribution in [0, 0.1) is 12.8 Å². The smallest absolute Gasteiger partial charge is 0.0547 e. The van der Waals surface area contributed by atoms with E-state index in [1.54, 1.807) is 0 Å². The van der Waals surface area contributed by atoms with Crippen LogP contribution in [0.2, 0.25) is 0 Å². The van der Waals surface area contributed by atoms with Crippen molar-refractivity contribution in [3.63, 3.8) is 0 Å². The molecule has 2 nitrogen and oxygen atoms in total. The lowest BCUT2D eigenvalue weighted by Gasteiger charge is -2.18. The van der Waals surface area contributed by atoms with E-state index >= 15 is 0 Å². The SMILES string of the molecule is Cc1cccc(CN(C)CCC(C)CCCl)n1. The molecule has 1 unspecified atom stereocenters. The number of aromatic nitrogens is 1. The first kappa shape index (κ1) is 14.5. The van der Waals surface area contributed by atoms with E-state index in [0.717, 1.165) is 36.8 Å². The lowest BCUT2D eigenvalue weighted by Crippen LogP contribution is -2.21. The second kappa shape index (κ2) is 7.67. The number of halogens is 1. The van der Waals surface area contributed by atoms with Gasteiger partial charge in [0.25, 0.3) is 0 Å². The fourth-order valence-corrected chi connectivity index (χ4v) is 2.19. The zero-order chi connectivity index (χ0) is 12.7. The predicted octanol–water partition coefficient (Wildman–Crippen LogP) is 3.48. The van der Waals surface area contributed by atoms with Gasteiger partial charge in [-0.3, -0.25) is 4.98 Å². The topological polar surface area (TPSA) is 16.1 Å². The van der Waals surface area contributed by atoms with E-state index in [1.807, 2.05) is 13.0 Å². The van der Waals surface area contributed by atoms with Crippen molar-refractivity contribution in [1.29, 1.82) is 0 Å². The van der Waals surface area contributed by atoms with Gasteiger partial charge in [0.2, 0.25) is 0 Å². The summed E-state index contributed by atoms with van der Waals surface area (Å²) in [4.78, 5) is 6.84. The highest BCUT2D eigenvalue weighted by Crippen LogP contribution is 2.10. The molecule has 1 rings (SSSR count). The van der Waals surface area contributed by atoms with Gasteiger partial charge in [-0.25, -0.2) is 0 Å². The lowest BCUT2D eigenvalue weighted by atomic mass is 10.1. The van der Waals surface area contributed by atoms with Gasteiger partial charge in [-0.1, -0.05) is 13.0 Å². The highest BCUT2D eigenvalue weighted by molar-refractivity contribution is 6.17. The molecule has 17 heavy (non-hydrogen) atoms. The molecule has 0 saturated heterocycles. The van der Waals surface area contributed by atoms with Crippen molar-refractivity contribution in [2.75, 3.05) is 19.5 Å². The number of rotatable bonds is 7. The number of nitrogens with zero attached hydrogens (tertiary/aromatic N) is 2. The Labute approximate surface area is 110 Å². The minimum Gasteiger partial charge on any atom is -0.301 e. The Kier molecular flexibility index (Phi) is 6.53. The van der Waals surface area contributed by atoms with Crippen LogP contribution >= 0.6 is 11.6 Å². The van der Waals surface area contributed by atoms with Crippen molar-refractivity contribution < 1.29 is 0 Å². The van der Waals surface area contributed by atoms with E-state index < -0.39 is 0 Å². The average molecular weight is 255 g/mol. The molecule has 0 amide bonds. The molecule has 1 aromatic heterocycles. The third kappa shape index (κ3) is 6.04. The number of hydrogen-bond donors (Lipinski definition) is 0. The van der Waals surface area contributed by atoms with Gasteiger partial charge < -0.3 is 4.90 Å². The van der Waals surface area contributed by atoms with Crippen molar-refractivity contribution in [2.45, 2.75) is 33.2 Å². The first-order valence-electron chi connectivity index (χ1n) is 6.29. The Morgan fingerprint density at radius 2 is 2.12 bits per heavy atom. The van der Waals surface area contributed by atoms with Crippen molar-refractivity contribution in [2.24, 2.45) is 5.92 Å². The zero-order valence-corrected chi connectivity index (χ0v) is 11.9. The van der Waals surface area contributed by atoms with Gasteiger partial charge in [0.1, 0.15) is 0 Å². The molecule has 0 saturated carbocycles. The number of aryl methyl sites for hydroxylation is 1. The summed E-state index contributed by atoms with van der Waals surface area (Å²) in [5.74, 6) is 1.48. The first-order chi connectivity index (χ1) is 8.11. The second-order valence-corrected chi connectivity index (χ2v) is 5.26. The largest absolute Gasteiger partial charge is 0.301 e. The lowest BCUT2D eigenvalue weighted by molar-refractivity contribution is 0.293. The first-order valence-corrected chi connectivity index (χ1v) is 6.82. The molecule has 1 atom stereocenters. The van der Waals surface area contributed by atoms with Gasteiger partial charge in [-0.05, 0) is 51.4 Å². The molecule has 3 heteroatoms.